The molecule has 10 heteroatoms. The molecule has 0 saturated carbocycles. The number of allylic oxidation sites excluding steroid dienone is 1. The van der Waals surface area contributed by atoms with Gasteiger partial charge in [-0.1, -0.05) is 64.5 Å². The Bertz CT molecular complexity index is 1270. The summed E-state index contributed by atoms with van der Waals surface area (Å²) in [6, 6.07) is 14.8. The number of alkyl carbamates (subject to hydrolysis) is 1. The van der Waals surface area contributed by atoms with Crippen LogP contribution in [0.3, 0.4) is 0 Å². The van der Waals surface area contributed by atoms with Crippen LogP contribution in [0.1, 0.15) is 52.3 Å². The quantitative estimate of drug-likeness (QED) is 0.262. The summed E-state index contributed by atoms with van der Waals surface area (Å²) < 4.78 is 85.0. The lowest BCUT2D eigenvalue weighted by Gasteiger charge is -2.21. The minimum absolute atomic E-state index is 0.0298. The van der Waals surface area contributed by atoms with Gasteiger partial charge in [-0.2, -0.15) is 26.3 Å². The van der Waals surface area contributed by atoms with Crippen LogP contribution >= 0.6 is 15.9 Å². The highest BCUT2D eigenvalue weighted by Crippen LogP contribution is 2.35. The number of alkyl halides is 6. The molecule has 1 atom stereocenters. The van der Waals surface area contributed by atoms with Crippen LogP contribution < -0.4 is 5.32 Å². The van der Waals surface area contributed by atoms with Crippen LogP contribution in [0.15, 0.2) is 77.3 Å². The van der Waals surface area contributed by atoms with Crippen molar-refractivity contribution in [3.63, 3.8) is 0 Å². The Hall–Kier alpha value is -3.27. The SMILES string of the molecule is Cc1cc(/C=C/CC[C@@H](NC(=O)OCc2ccccc2)c2cc(C(F)(F)F)ccc2Br)cc(C(F)(F)F)c1. The van der Waals surface area contributed by atoms with Gasteiger partial charge in [-0.15, -0.1) is 0 Å². The van der Waals surface area contributed by atoms with Gasteiger partial charge >= 0.3 is 18.4 Å². The second kappa shape index (κ2) is 12.5. The van der Waals surface area contributed by atoms with Gasteiger partial charge < -0.3 is 10.1 Å². The molecule has 3 aromatic carbocycles. The van der Waals surface area contributed by atoms with Gasteiger partial charge in [-0.3, -0.25) is 0 Å². The molecule has 3 nitrogen and oxygen atoms in total. The van der Waals surface area contributed by atoms with Gasteiger partial charge in [0.15, 0.2) is 0 Å². The molecule has 0 spiro atoms. The van der Waals surface area contributed by atoms with Crippen molar-refractivity contribution in [2.75, 3.05) is 0 Å². The highest BCUT2D eigenvalue weighted by molar-refractivity contribution is 9.10. The third-order valence-electron chi connectivity index (χ3n) is 5.56. The lowest BCUT2D eigenvalue weighted by molar-refractivity contribution is -0.138. The maximum atomic E-state index is 13.4. The van der Waals surface area contributed by atoms with Crippen molar-refractivity contribution in [2.24, 2.45) is 0 Å². The molecule has 202 valence electrons. The molecule has 0 aliphatic heterocycles. The molecule has 3 rings (SSSR count). The smallest absolute Gasteiger partial charge is 0.416 e. The first-order chi connectivity index (χ1) is 17.8. The number of benzene rings is 3. The summed E-state index contributed by atoms with van der Waals surface area (Å²) >= 11 is 3.26. The molecule has 0 fully saturated rings. The van der Waals surface area contributed by atoms with E-state index in [2.05, 4.69) is 21.2 Å². The molecule has 0 bridgehead atoms. The summed E-state index contributed by atoms with van der Waals surface area (Å²) in [7, 11) is 0. The summed E-state index contributed by atoms with van der Waals surface area (Å²) in [6.07, 6.45) is -6.36. The fraction of sp³-hybridized carbons (Fsp3) is 0.250. The molecule has 0 aliphatic carbocycles. The van der Waals surface area contributed by atoms with Gasteiger partial charge in [0.1, 0.15) is 6.61 Å². The monoisotopic (exact) mass is 599 g/mol. The van der Waals surface area contributed by atoms with Gasteiger partial charge in [0.2, 0.25) is 0 Å². The van der Waals surface area contributed by atoms with E-state index in [0.717, 1.165) is 29.8 Å². The minimum atomic E-state index is -4.59. The van der Waals surface area contributed by atoms with Crippen LogP contribution in [0.5, 0.6) is 0 Å². The van der Waals surface area contributed by atoms with Crippen molar-refractivity contribution in [2.45, 2.75) is 44.8 Å². The maximum absolute atomic E-state index is 13.4. The topological polar surface area (TPSA) is 38.3 Å². The van der Waals surface area contributed by atoms with Crippen molar-refractivity contribution in [3.05, 3.63) is 111 Å². The summed E-state index contributed by atoms with van der Waals surface area (Å²) in [4.78, 5) is 12.5. The Morgan fingerprint density at radius 2 is 1.63 bits per heavy atom. The number of hydrogen-bond donors (Lipinski definition) is 1. The highest BCUT2D eigenvalue weighted by atomic mass is 79.9. The van der Waals surface area contributed by atoms with E-state index >= 15 is 0 Å². The highest BCUT2D eigenvalue weighted by Gasteiger charge is 2.32. The number of amides is 1. The maximum Gasteiger partial charge on any atom is 0.416 e. The summed E-state index contributed by atoms with van der Waals surface area (Å²) in [5, 5.41) is 2.62. The van der Waals surface area contributed by atoms with Crippen LogP contribution in [0, 0.1) is 6.92 Å². The molecule has 0 heterocycles. The van der Waals surface area contributed by atoms with E-state index in [1.807, 2.05) is 0 Å². The second-order valence-electron chi connectivity index (χ2n) is 8.60. The fourth-order valence-electron chi connectivity index (χ4n) is 3.75. The average Bonchev–Trinajstić information content (AvgIpc) is 2.84. The third-order valence-corrected chi connectivity index (χ3v) is 6.29. The lowest BCUT2D eigenvalue weighted by atomic mass is 9.99. The molecular weight excluding hydrogens is 576 g/mol. The molecule has 0 aliphatic rings. The Kier molecular flexibility index (Phi) is 9.65. The predicted octanol–water partition coefficient (Wildman–Crippen LogP) is 9.26. The number of aryl methyl sites for hydroxylation is 1. The molecular formula is C28H24BrF6NO2. The largest absolute Gasteiger partial charge is 0.445 e. The molecule has 1 amide bonds. The first-order valence-electron chi connectivity index (χ1n) is 11.5. The Labute approximate surface area is 224 Å². The Morgan fingerprint density at radius 3 is 2.29 bits per heavy atom. The Balaban J connectivity index is 1.78. The molecule has 0 saturated heterocycles. The van der Waals surface area contributed by atoms with Crippen LogP contribution in [-0.4, -0.2) is 6.09 Å². The molecule has 3 aromatic rings. The number of ether oxygens (including phenoxy) is 1. The van der Waals surface area contributed by atoms with E-state index in [0.29, 0.717) is 15.6 Å². The van der Waals surface area contributed by atoms with Crippen LogP contribution in [0.4, 0.5) is 31.1 Å². The zero-order valence-corrected chi connectivity index (χ0v) is 21.8. The molecule has 1 N–H and O–H groups in total. The van der Waals surface area contributed by atoms with Crippen molar-refractivity contribution < 1.29 is 35.9 Å². The van der Waals surface area contributed by atoms with Gasteiger partial charge in [0.05, 0.1) is 17.2 Å². The van der Waals surface area contributed by atoms with Crippen LogP contribution in [0.2, 0.25) is 0 Å². The summed E-state index contributed by atoms with van der Waals surface area (Å²) in [6.45, 7) is 1.52. The first kappa shape index (κ1) is 29.3. The molecule has 0 unspecified atom stereocenters. The van der Waals surface area contributed by atoms with Crippen molar-refractivity contribution in [3.8, 4) is 0 Å². The molecule has 0 radical (unpaired) electrons. The summed E-state index contributed by atoms with van der Waals surface area (Å²) in [5.41, 5.74) is 0.0527. The second-order valence-corrected chi connectivity index (χ2v) is 9.46. The van der Waals surface area contributed by atoms with E-state index < -0.39 is 35.6 Å². The van der Waals surface area contributed by atoms with Gasteiger partial charge in [-0.05, 0) is 72.4 Å². The van der Waals surface area contributed by atoms with Crippen LogP contribution in [-0.2, 0) is 23.7 Å². The number of carbonyl (C=O) groups is 1. The number of hydrogen-bond acceptors (Lipinski definition) is 2. The average molecular weight is 600 g/mol. The fourth-order valence-corrected chi connectivity index (χ4v) is 4.28. The van der Waals surface area contributed by atoms with E-state index in [1.54, 1.807) is 49.4 Å². The number of carbonyl (C=O) groups excluding carboxylic acids is 1. The van der Waals surface area contributed by atoms with E-state index in [9.17, 15) is 31.1 Å². The van der Waals surface area contributed by atoms with Crippen LogP contribution in [0.25, 0.3) is 6.08 Å². The first-order valence-corrected chi connectivity index (χ1v) is 12.3. The normalized spacial score (nSPS) is 12.9. The number of nitrogens with one attached hydrogen (secondary N) is 1. The summed E-state index contributed by atoms with van der Waals surface area (Å²) in [5.74, 6) is 0. The number of halogens is 7. The Morgan fingerprint density at radius 1 is 0.947 bits per heavy atom. The standard InChI is InChI=1S/C28H24BrF6NO2/c1-18-13-20(15-22(14-18)28(33,34)35)9-5-6-10-25(23-16-21(27(30,31)32)11-12-24(23)29)36-26(37)38-17-19-7-3-2-4-8-19/h2-5,7-9,11-16,25H,6,10,17H2,1H3,(H,36,37)/b9-5+/t25-/m1/s1. The molecule has 38 heavy (non-hydrogen) atoms. The third kappa shape index (κ3) is 8.65. The van der Waals surface area contributed by atoms with Gasteiger partial charge in [0, 0.05) is 4.47 Å². The van der Waals surface area contributed by atoms with Crippen molar-refractivity contribution in [1.82, 2.24) is 5.32 Å². The van der Waals surface area contributed by atoms with Crippen molar-refractivity contribution >= 4 is 28.1 Å². The van der Waals surface area contributed by atoms with Crippen molar-refractivity contribution in [1.29, 1.82) is 0 Å². The zero-order valence-electron chi connectivity index (χ0n) is 20.2. The van der Waals surface area contributed by atoms with E-state index in [1.165, 1.54) is 12.1 Å². The van der Waals surface area contributed by atoms with E-state index in [4.69, 9.17) is 4.74 Å². The van der Waals surface area contributed by atoms with Gasteiger partial charge in [-0.25, -0.2) is 4.79 Å². The van der Waals surface area contributed by atoms with Gasteiger partial charge in [0.25, 0.3) is 0 Å². The minimum Gasteiger partial charge on any atom is -0.445 e. The zero-order chi connectivity index (χ0) is 27.9. The lowest BCUT2D eigenvalue weighted by Crippen LogP contribution is -2.29. The number of rotatable bonds is 8. The molecule has 0 aromatic heterocycles. The van der Waals surface area contributed by atoms with E-state index in [-0.39, 0.29) is 25.0 Å². The predicted molar refractivity (Wildman–Crippen MR) is 136 cm³/mol.